The SMILES string of the molecule is C=C[C@@H]1CN(Cc2ccccc2)Cc2nc3ccc(C)cc3c(=O)n21. The van der Waals surface area contributed by atoms with Crippen LogP contribution in [-0.4, -0.2) is 21.0 Å². The van der Waals surface area contributed by atoms with Crippen LogP contribution in [0.1, 0.15) is 23.0 Å². The van der Waals surface area contributed by atoms with Crippen LogP contribution < -0.4 is 5.56 Å². The van der Waals surface area contributed by atoms with Gasteiger partial charge in [-0.2, -0.15) is 0 Å². The average molecular weight is 331 g/mol. The van der Waals surface area contributed by atoms with Gasteiger partial charge >= 0.3 is 0 Å². The second-order valence-electron chi connectivity index (χ2n) is 6.68. The van der Waals surface area contributed by atoms with Crippen LogP contribution in [0.5, 0.6) is 0 Å². The minimum Gasteiger partial charge on any atom is -0.289 e. The molecule has 1 aliphatic rings. The number of hydrogen-bond donors (Lipinski definition) is 0. The fourth-order valence-electron chi connectivity index (χ4n) is 3.56. The maximum absolute atomic E-state index is 13.0. The highest BCUT2D eigenvalue weighted by Gasteiger charge is 2.26. The molecule has 4 nitrogen and oxygen atoms in total. The zero-order chi connectivity index (χ0) is 17.4. The third kappa shape index (κ3) is 2.89. The second-order valence-corrected chi connectivity index (χ2v) is 6.68. The van der Waals surface area contributed by atoms with E-state index in [9.17, 15) is 4.79 Å². The smallest absolute Gasteiger partial charge is 0.262 e. The van der Waals surface area contributed by atoms with Crippen molar-refractivity contribution >= 4 is 10.9 Å². The Morgan fingerprint density at radius 1 is 1.24 bits per heavy atom. The van der Waals surface area contributed by atoms with Crippen molar-refractivity contribution in [3.8, 4) is 0 Å². The average Bonchev–Trinajstić information content (AvgIpc) is 2.62. The highest BCUT2D eigenvalue weighted by Crippen LogP contribution is 2.23. The molecule has 1 atom stereocenters. The van der Waals surface area contributed by atoms with Crippen molar-refractivity contribution in [3.05, 3.63) is 88.5 Å². The molecule has 0 aliphatic carbocycles. The number of aromatic nitrogens is 2. The molecule has 4 heteroatoms. The van der Waals surface area contributed by atoms with Gasteiger partial charge in [-0.05, 0) is 24.6 Å². The molecule has 1 aromatic heterocycles. The Bertz CT molecular complexity index is 991. The lowest BCUT2D eigenvalue weighted by Gasteiger charge is -2.34. The van der Waals surface area contributed by atoms with E-state index in [1.165, 1.54) is 5.56 Å². The number of aryl methyl sites for hydroxylation is 1. The number of rotatable bonds is 3. The molecular formula is C21H21N3O. The molecule has 4 rings (SSSR count). The van der Waals surface area contributed by atoms with Crippen LogP contribution in [0.4, 0.5) is 0 Å². The summed E-state index contributed by atoms with van der Waals surface area (Å²) in [6.45, 7) is 8.22. The predicted molar refractivity (Wildman–Crippen MR) is 101 cm³/mol. The van der Waals surface area contributed by atoms with Crippen LogP contribution in [0.2, 0.25) is 0 Å². The van der Waals surface area contributed by atoms with Gasteiger partial charge in [-0.1, -0.05) is 48.0 Å². The van der Waals surface area contributed by atoms with Crippen molar-refractivity contribution < 1.29 is 0 Å². The molecule has 0 saturated heterocycles. The molecular weight excluding hydrogens is 310 g/mol. The Balaban J connectivity index is 1.77. The Labute approximate surface area is 147 Å². The van der Waals surface area contributed by atoms with E-state index in [1.807, 2.05) is 41.8 Å². The molecule has 126 valence electrons. The van der Waals surface area contributed by atoms with E-state index in [0.717, 1.165) is 30.0 Å². The molecule has 25 heavy (non-hydrogen) atoms. The molecule has 0 spiro atoms. The first-order valence-electron chi connectivity index (χ1n) is 8.56. The molecule has 2 heterocycles. The van der Waals surface area contributed by atoms with Crippen molar-refractivity contribution in [2.24, 2.45) is 0 Å². The maximum Gasteiger partial charge on any atom is 0.262 e. The lowest BCUT2D eigenvalue weighted by Crippen LogP contribution is -2.42. The van der Waals surface area contributed by atoms with Gasteiger partial charge in [-0.25, -0.2) is 4.98 Å². The Kier molecular flexibility index (Phi) is 3.98. The normalized spacial score (nSPS) is 17.4. The van der Waals surface area contributed by atoms with Crippen LogP contribution in [0.3, 0.4) is 0 Å². The molecule has 0 fully saturated rings. The van der Waals surface area contributed by atoms with Gasteiger partial charge in [0.05, 0.1) is 23.5 Å². The molecule has 0 N–H and O–H groups in total. The van der Waals surface area contributed by atoms with E-state index < -0.39 is 0 Å². The summed E-state index contributed by atoms with van der Waals surface area (Å²) in [4.78, 5) is 20.1. The Morgan fingerprint density at radius 3 is 2.80 bits per heavy atom. The van der Waals surface area contributed by atoms with Crippen molar-refractivity contribution in [2.45, 2.75) is 26.1 Å². The van der Waals surface area contributed by atoms with Crippen LogP contribution in [0.25, 0.3) is 10.9 Å². The minimum absolute atomic E-state index is 0.0351. The predicted octanol–water partition coefficient (Wildman–Crippen LogP) is 3.45. The summed E-state index contributed by atoms with van der Waals surface area (Å²) in [5.74, 6) is 0.813. The van der Waals surface area contributed by atoms with E-state index in [2.05, 4.69) is 35.7 Å². The molecule has 0 unspecified atom stereocenters. The van der Waals surface area contributed by atoms with Gasteiger partial charge < -0.3 is 0 Å². The zero-order valence-electron chi connectivity index (χ0n) is 14.4. The van der Waals surface area contributed by atoms with Crippen molar-refractivity contribution in [1.82, 2.24) is 14.5 Å². The fraction of sp³-hybridized carbons (Fsp3) is 0.238. The summed E-state index contributed by atoms with van der Waals surface area (Å²) in [5.41, 5.74) is 3.14. The summed E-state index contributed by atoms with van der Waals surface area (Å²) < 4.78 is 1.82. The largest absolute Gasteiger partial charge is 0.289 e. The molecule has 0 radical (unpaired) electrons. The van der Waals surface area contributed by atoms with E-state index in [0.29, 0.717) is 11.9 Å². The van der Waals surface area contributed by atoms with Gasteiger partial charge in [0.1, 0.15) is 5.82 Å². The Morgan fingerprint density at radius 2 is 2.04 bits per heavy atom. The zero-order valence-corrected chi connectivity index (χ0v) is 14.4. The number of benzene rings is 2. The second kappa shape index (κ2) is 6.30. The fourth-order valence-corrected chi connectivity index (χ4v) is 3.56. The van der Waals surface area contributed by atoms with Crippen molar-refractivity contribution in [3.63, 3.8) is 0 Å². The van der Waals surface area contributed by atoms with E-state index in [1.54, 1.807) is 0 Å². The number of hydrogen-bond acceptors (Lipinski definition) is 3. The first-order valence-corrected chi connectivity index (χ1v) is 8.56. The lowest BCUT2D eigenvalue weighted by molar-refractivity contribution is 0.187. The lowest BCUT2D eigenvalue weighted by atomic mass is 10.1. The summed E-state index contributed by atoms with van der Waals surface area (Å²) >= 11 is 0. The van der Waals surface area contributed by atoms with Crippen LogP contribution in [0, 0.1) is 6.92 Å². The topological polar surface area (TPSA) is 38.1 Å². The molecule has 3 aromatic rings. The summed E-state index contributed by atoms with van der Waals surface area (Å²) in [6, 6.07) is 16.2. The first kappa shape index (κ1) is 15.8. The third-order valence-electron chi connectivity index (χ3n) is 4.79. The van der Waals surface area contributed by atoms with Crippen LogP contribution >= 0.6 is 0 Å². The van der Waals surface area contributed by atoms with Gasteiger partial charge in [-0.3, -0.25) is 14.3 Å². The van der Waals surface area contributed by atoms with Crippen molar-refractivity contribution in [1.29, 1.82) is 0 Å². The molecule has 2 aromatic carbocycles. The minimum atomic E-state index is -0.0580. The van der Waals surface area contributed by atoms with E-state index in [4.69, 9.17) is 4.98 Å². The number of fused-ring (bicyclic) bond motifs is 2. The van der Waals surface area contributed by atoms with E-state index >= 15 is 0 Å². The maximum atomic E-state index is 13.0. The summed E-state index contributed by atoms with van der Waals surface area (Å²) in [5, 5.41) is 0.687. The Hall–Kier alpha value is -2.72. The molecule has 1 aliphatic heterocycles. The quantitative estimate of drug-likeness (QED) is 0.690. The van der Waals surface area contributed by atoms with Gasteiger partial charge in [0.2, 0.25) is 0 Å². The monoisotopic (exact) mass is 331 g/mol. The van der Waals surface area contributed by atoms with Crippen LogP contribution in [0.15, 0.2) is 66.0 Å². The highest BCUT2D eigenvalue weighted by atomic mass is 16.1. The van der Waals surface area contributed by atoms with Crippen molar-refractivity contribution in [2.75, 3.05) is 6.54 Å². The molecule has 0 saturated carbocycles. The molecule has 0 amide bonds. The van der Waals surface area contributed by atoms with Gasteiger partial charge in [-0.15, -0.1) is 6.58 Å². The number of nitrogens with zero attached hydrogens (tertiary/aromatic N) is 3. The van der Waals surface area contributed by atoms with Gasteiger partial charge in [0.15, 0.2) is 0 Å². The first-order chi connectivity index (χ1) is 12.2. The summed E-state index contributed by atoms with van der Waals surface area (Å²) in [6.07, 6.45) is 1.85. The highest BCUT2D eigenvalue weighted by molar-refractivity contribution is 5.78. The molecule has 0 bridgehead atoms. The third-order valence-corrected chi connectivity index (χ3v) is 4.79. The van der Waals surface area contributed by atoms with Gasteiger partial charge in [0.25, 0.3) is 5.56 Å². The van der Waals surface area contributed by atoms with Gasteiger partial charge in [0, 0.05) is 13.1 Å². The van der Waals surface area contributed by atoms with Crippen LogP contribution in [-0.2, 0) is 13.1 Å². The summed E-state index contributed by atoms with van der Waals surface area (Å²) in [7, 11) is 0. The standard InChI is InChI=1S/C21H21N3O/c1-3-17-13-23(12-16-7-5-4-6-8-16)14-20-22-19-10-9-15(2)11-18(19)21(25)24(17)20/h3-11,17H,1,12-14H2,2H3/t17-/m1/s1. The van der Waals surface area contributed by atoms with E-state index in [-0.39, 0.29) is 11.6 Å².